The average Bonchev–Trinajstić information content (AvgIpc) is 2.48. The maximum Gasteiger partial charge on any atom is 0.261 e. The fourth-order valence-corrected chi connectivity index (χ4v) is 2.27. The predicted molar refractivity (Wildman–Crippen MR) is 86.6 cm³/mol. The molecule has 0 aromatic heterocycles. The molecule has 0 unspecified atom stereocenters. The molecule has 0 aliphatic rings. The van der Waals surface area contributed by atoms with Gasteiger partial charge in [0.2, 0.25) is 0 Å². The predicted octanol–water partition coefficient (Wildman–Crippen LogP) is 3.28. The summed E-state index contributed by atoms with van der Waals surface area (Å²) in [6.45, 7) is 0. The molecule has 0 aliphatic heterocycles. The second-order valence-electron chi connectivity index (χ2n) is 4.22. The molecule has 0 bridgehead atoms. The fourth-order valence-electron chi connectivity index (χ4n) is 1.78. The lowest BCUT2D eigenvalue weighted by molar-refractivity contribution is 0.0990. The summed E-state index contributed by atoms with van der Waals surface area (Å²) >= 11 is 2.10. The van der Waals surface area contributed by atoms with Crippen molar-refractivity contribution in [3.63, 3.8) is 0 Å². The number of nitrogens with zero attached hydrogens (tertiary/aromatic N) is 1. The Labute approximate surface area is 131 Å². The van der Waals surface area contributed by atoms with Gasteiger partial charge in [-0.25, -0.2) is 0 Å². The van der Waals surface area contributed by atoms with E-state index in [0.29, 0.717) is 0 Å². The van der Waals surface area contributed by atoms with Gasteiger partial charge in [-0.15, -0.1) is 0 Å². The third kappa shape index (κ3) is 3.04. The molecule has 2 aromatic carbocycles. The first kappa shape index (κ1) is 14.6. The van der Waals surface area contributed by atoms with Crippen LogP contribution in [0.25, 0.3) is 0 Å². The number of benzene rings is 2. The number of phenols is 1. The van der Waals surface area contributed by atoms with Crippen LogP contribution in [0.5, 0.6) is 11.5 Å². The van der Waals surface area contributed by atoms with Crippen molar-refractivity contribution in [2.75, 3.05) is 19.1 Å². The van der Waals surface area contributed by atoms with Gasteiger partial charge in [-0.2, -0.15) is 0 Å². The molecule has 0 atom stereocenters. The van der Waals surface area contributed by atoms with Crippen molar-refractivity contribution in [3.05, 3.63) is 51.6 Å². The Morgan fingerprint density at radius 3 is 2.45 bits per heavy atom. The van der Waals surface area contributed by atoms with Crippen LogP contribution in [0.4, 0.5) is 5.69 Å². The van der Waals surface area contributed by atoms with Crippen LogP contribution in [0.15, 0.2) is 42.5 Å². The Kier molecular flexibility index (Phi) is 4.49. The Hall–Kier alpha value is -1.76. The lowest BCUT2D eigenvalue weighted by Crippen LogP contribution is -2.26. The first-order chi connectivity index (χ1) is 9.52. The number of methoxy groups -OCH3 is 1. The van der Waals surface area contributed by atoms with E-state index in [2.05, 4.69) is 22.6 Å². The minimum absolute atomic E-state index is 0.0178. The maximum absolute atomic E-state index is 12.4. The number of halogens is 1. The van der Waals surface area contributed by atoms with Gasteiger partial charge in [0.25, 0.3) is 5.91 Å². The van der Waals surface area contributed by atoms with E-state index in [-0.39, 0.29) is 17.2 Å². The number of carbonyl (C=O) groups is 1. The molecular formula is C15H14INO3. The molecule has 20 heavy (non-hydrogen) atoms. The number of anilines is 1. The van der Waals surface area contributed by atoms with Gasteiger partial charge < -0.3 is 14.7 Å². The number of hydrogen-bond donors (Lipinski definition) is 1. The summed E-state index contributed by atoms with van der Waals surface area (Å²) in [5.74, 6) is 0.452. The van der Waals surface area contributed by atoms with Crippen molar-refractivity contribution in [1.29, 1.82) is 0 Å². The molecule has 0 saturated heterocycles. The highest BCUT2D eigenvalue weighted by atomic mass is 127. The van der Waals surface area contributed by atoms with Crippen LogP contribution in [0, 0.1) is 3.57 Å². The average molecular weight is 383 g/mol. The summed E-state index contributed by atoms with van der Waals surface area (Å²) in [6, 6.07) is 12.1. The topological polar surface area (TPSA) is 49.8 Å². The number of phenolic OH excluding ortho intramolecular Hbond substituents is 1. The summed E-state index contributed by atoms with van der Waals surface area (Å²) in [5, 5.41) is 9.81. The number of amides is 1. The van der Waals surface area contributed by atoms with Gasteiger partial charge in [0.05, 0.1) is 12.7 Å². The molecule has 2 aromatic rings. The fraction of sp³-hybridized carbons (Fsp3) is 0.133. The van der Waals surface area contributed by atoms with E-state index < -0.39 is 0 Å². The van der Waals surface area contributed by atoms with E-state index in [4.69, 9.17) is 4.74 Å². The quantitative estimate of drug-likeness (QED) is 0.828. The molecule has 2 rings (SSSR count). The molecule has 0 aliphatic carbocycles. The molecule has 0 spiro atoms. The van der Waals surface area contributed by atoms with Crippen molar-refractivity contribution < 1.29 is 14.6 Å². The molecular weight excluding hydrogens is 369 g/mol. The Bertz CT molecular complexity index is 626. The lowest BCUT2D eigenvalue weighted by Gasteiger charge is -2.18. The van der Waals surface area contributed by atoms with Crippen LogP contribution in [0.2, 0.25) is 0 Å². The highest BCUT2D eigenvalue weighted by molar-refractivity contribution is 14.1. The standard InChI is InChI=1S/C15H14INO3/c1-17(11-4-6-12(20-2)7-5-11)15(19)13-9-10(16)3-8-14(13)18/h3-9,18H,1-2H3. The molecule has 5 heteroatoms. The molecule has 0 heterocycles. The van der Waals surface area contributed by atoms with Gasteiger partial charge >= 0.3 is 0 Å². The molecule has 0 radical (unpaired) electrons. The van der Waals surface area contributed by atoms with Crippen molar-refractivity contribution in [2.45, 2.75) is 0 Å². The van der Waals surface area contributed by atoms with E-state index in [1.54, 1.807) is 50.6 Å². The minimum atomic E-state index is -0.258. The van der Waals surface area contributed by atoms with Crippen LogP contribution < -0.4 is 9.64 Å². The zero-order chi connectivity index (χ0) is 14.7. The first-order valence-electron chi connectivity index (χ1n) is 5.93. The summed E-state index contributed by atoms with van der Waals surface area (Å²) in [7, 11) is 3.26. The van der Waals surface area contributed by atoms with Gasteiger partial charge in [0, 0.05) is 16.3 Å². The Balaban J connectivity index is 2.29. The van der Waals surface area contributed by atoms with E-state index >= 15 is 0 Å². The summed E-state index contributed by atoms with van der Waals surface area (Å²) in [5.41, 5.74) is 1.02. The number of hydrogen-bond acceptors (Lipinski definition) is 3. The van der Waals surface area contributed by atoms with Crippen molar-refractivity contribution in [2.24, 2.45) is 0 Å². The molecule has 104 valence electrons. The molecule has 0 fully saturated rings. The van der Waals surface area contributed by atoms with Crippen LogP contribution in [-0.2, 0) is 0 Å². The van der Waals surface area contributed by atoms with Crippen molar-refractivity contribution >= 4 is 34.2 Å². The number of aromatic hydroxyl groups is 1. The van der Waals surface area contributed by atoms with Crippen LogP contribution in [0.3, 0.4) is 0 Å². The van der Waals surface area contributed by atoms with Crippen molar-refractivity contribution in [1.82, 2.24) is 0 Å². The summed E-state index contributed by atoms with van der Waals surface area (Å²) < 4.78 is 5.98. The number of rotatable bonds is 3. The summed E-state index contributed by atoms with van der Waals surface area (Å²) in [4.78, 5) is 13.9. The maximum atomic E-state index is 12.4. The normalized spacial score (nSPS) is 10.2. The highest BCUT2D eigenvalue weighted by Crippen LogP contribution is 2.24. The molecule has 4 nitrogen and oxygen atoms in total. The van der Waals surface area contributed by atoms with Gasteiger partial charge in [-0.05, 0) is 65.1 Å². The largest absolute Gasteiger partial charge is 0.507 e. The SMILES string of the molecule is COc1ccc(N(C)C(=O)c2cc(I)ccc2O)cc1. The number of carbonyl (C=O) groups excluding carboxylic acids is 1. The van der Waals surface area contributed by atoms with Gasteiger partial charge in [-0.3, -0.25) is 4.79 Å². The Morgan fingerprint density at radius 2 is 1.85 bits per heavy atom. The second kappa shape index (κ2) is 6.13. The first-order valence-corrected chi connectivity index (χ1v) is 7.01. The van der Waals surface area contributed by atoms with E-state index in [0.717, 1.165) is 15.0 Å². The van der Waals surface area contributed by atoms with E-state index in [1.165, 1.54) is 11.0 Å². The second-order valence-corrected chi connectivity index (χ2v) is 5.47. The lowest BCUT2D eigenvalue weighted by atomic mass is 10.1. The molecule has 1 N–H and O–H groups in total. The minimum Gasteiger partial charge on any atom is -0.507 e. The molecule has 0 saturated carbocycles. The van der Waals surface area contributed by atoms with Crippen LogP contribution in [0.1, 0.15) is 10.4 Å². The van der Waals surface area contributed by atoms with Crippen LogP contribution >= 0.6 is 22.6 Å². The molecule has 1 amide bonds. The number of ether oxygens (including phenoxy) is 1. The third-order valence-electron chi connectivity index (χ3n) is 2.95. The smallest absolute Gasteiger partial charge is 0.261 e. The van der Waals surface area contributed by atoms with Gasteiger partial charge in [-0.1, -0.05) is 0 Å². The van der Waals surface area contributed by atoms with E-state index in [1.807, 2.05) is 0 Å². The zero-order valence-electron chi connectivity index (χ0n) is 11.1. The van der Waals surface area contributed by atoms with E-state index in [9.17, 15) is 9.90 Å². The monoisotopic (exact) mass is 383 g/mol. The van der Waals surface area contributed by atoms with Crippen molar-refractivity contribution in [3.8, 4) is 11.5 Å². The Morgan fingerprint density at radius 1 is 1.20 bits per heavy atom. The highest BCUT2D eigenvalue weighted by Gasteiger charge is 2.17. The van der Waals surface area contributed by atoms with Gasteiger partial charge in [0.15, 0.2) is 0 Å². The zero-order valence-corrected chi connectivity index (χ0v) is 13.3. The third-order valence-corrected chi connectivity index (χ3v) is 3.62. The summed E-state index contributed by atoms with van der Waals surface area (Å²) in [6.07, 6.45) is 0. The van der Waals surface area contributed by atoms with Crippen LogP contribution in [-0.4, -0.2) is 25.2 Å². The van der Waals surface area contributed by atoms with Gasteiger partial charge in [0.1, 0.15) is 11.5 Å².